The number of carbonyl (C=O) groups excluding carboxylic acids is 1. The third kappa shape index (κ3) is 4.76. The molecule has 10 nitrogen and oxygen atoms in total. The van der Waals surface area contributed by atoms with Crippen molar-refractivity contribution in [3.63, 3.8) is 0 Å². The number of β-amino-alcohol motifs (C(OH)–C–C–N with tert-alkyl or cyclic N) is 1. The first kappa shape index (κ1) is 24.1. The minimum absolute atomic E-state index is 0.0922. The highest BCUT2D eigenvalue weighted by Crippen LogP contribution is 2.55. The molecular weight excluding hydrogens is 463 g/mol. The van der Waals surface area contributed by atoms with Crippen molar-refractivity contribution < 1.29 is 14.3 Å². The van der Waals surface area contributed by atoms with Crippen molar-refractivity contribution in [2.75, 3.05) is 36.4 Å². The third-order valence-electron chi connectivity index (χ3n) is 7.33. The molecule has 2 aromatic heterocycles. The number of nitrogens with two attached hydrogens (primary N) is 1. The van der Waals surface area contributed by atoms with E-state index < -0.39 is 17.8 Å². The number of carbonyl (C=O) groups is 1. The summed E-state index contributed by atoms with van der Waals surface area (Å²) in [5.74, 6) is -0.539. The molecule has 2 fully saturated rings. The first-order valence-electron chi connectivity index (χ1n) is 12.2. The van der Waals surface area contributed by atoms with Gasteiger partial charge in [-0.3, -0.25) is 9.69 Å². The first-order chi connectivity index (χ1) is 17.4. The molecule has 3 aromatic rings. The molecule has 1 saturated heterocycles. The van der Waals surface area contributed by atoms with Gasteiger partial charge in [0.25, 0.3) is 0 Å². The fourth-order valence-electron chi connectivity index (χ4n) is 5.15. The number of hydrogen-bond donors (Lipinski definition) is 3. The van der Waals surface area contributed by atoms with Crippen molar-refractivity contribution in [2.45, 2.75) is 38.5 Å². The Morgan fingerprint density at radius 1 is 1.33 bits per heavy atom. The van der Waals surface area contributed by atoms with Crippen LogP contribution >= 0.6 is 0 Å². The number of likely N-dealkylation sites (tertiary alicyclic amines) is 1. The van der Waals surface area contributed by atoms with Crippen molar-refractivity contribution in [1.82, 2.24) is 24.6 Å². The topological polar surface area (TPSA) is 125 Å². The zero-order chi connectivity index (χ0) is 25.3. The van der Waals surface area contributed by atoms with Crippen molar-refractivity contribution in [3.05, 3.63) is 60.4 Å². The lowest BCUT2D eigenvalue weighted by Crippen LogP contribution is -2.49. The molecule has 0 radical (unpaired) electrons. The van der Waals surface area contributed by atoms with Crippen molar-refractivity contribution in [1.29, 1.82) is 0 Å². The van der Waals surface area contributed by atoms with Gasteiger partial charge in [0.05, 0.1) is 18.3 Å². The molecule has 1 aliphatic carbocycles. The zero-order valence-corrected chi connectivity index (χ0v) is 20.2. The average molecular weight is 495 g/mol. The Bertz CT molecular complexity index is 1210. The van der Waals surface area contributed by atoms with Crippen molar-refractivity contribution in [2.24, 2.45) is 11.1 Å². The number of aromatic nitrogens is 4. The quantitative estimate of drug-likeness (QED) is 0.409. The van der Waals surface area contributed by atoms with E-state index in [0.717, 1.165) is 17.7 Å². The second-order valence-corrected chi connectivity index (χ2v) is 9.59. The lowest BCUT2D eigenvalue weighted by atomic mass is 9.89. The average Bonchev–Trinajstić information content (AvgIpc) is 3.26. The summed E-state index contributed by atoms with van der Waals surface area (Å²) in [6.45, 7) is 4.19. The van der Waals surface area contributed by atoms with E-state index in [0.29, 0.717) is 32.6 Å². The van der Waals surface area contributed by atoms with E-state index in [1.54, 1.807) is 10.9 Å². The number of hydrogen-bond acceptors (Lipinski definition) is 8. The van der Waals surface area contributed by atoms with E-state index in [9.17, 15) is 9.90 Å². The van der Waals surface area contributed by atoms with Crippen molar-refractivity contribution >= 4 is 17.5 Å². The summed E-state index contributed by atoms with van der Waals surface area (Å²) in [6.07, 6.45) is 5.78. The van der Waals surface area contributed by atoms with Crippen molar-refractivity contribution in [3.8, 4) is 5.69 Å². The number of nitrogens with zero attached hydrogens (tertiary/aromatic N) is 6. The Labute approximate surface area is 208 Å². The van der Waals surface area contributed by atoms with Gasteiger partial charge >= 0.3 is 0 Å². The molecule has 0 bridgehead atoms. The molecule has 190 valence electrons. The number of aliphatic hydroxyl groups is 1. The number of benzene rings is 1. The Morgan fingerprint density at radius 3 is 2.81 bits per heavy atom. The first-order valence-corrected chi connectivity index (χ1v) is 12.2. The summed E-state index contributed by atoms with van der Waals surface area (Å²) in [5, 5.41) is 18.2. The minimum Gasteiger partial charge on any atom is -0.391 e. The second-order valence-electron chi connectivity index (χ2n) is 9.59. The van der Waals surface area contributed by atoms with Gasteiger partial charge in [-0.1, -0.05) is 12.1 Å². The molecule has 36 heavy (non-hydrogen) atoms. The van der Waals surface area contributed by atoms with E-state index in [1.165, 1.54) is 6.33 Å². The van der Waals surface area contributed by atoms with Gasteiger partial charge in [-0.05, 0) is 50.1 Å². The van der Waals surface area contributed by atoms with Crippen LogP contribution in [0.15, 0.2) is 49.1 Å². The number of rotatable bonds is 9. The number of amides is 1. The van der Waals surface area contributed by atoms with Gasteiger partial charge in [-0.15, -0.1) is 0 Å². The monoisotopic (exact) mass is 494 g/mol. The van der Waals surface area contributed by atoms with Crippen LogP contribution in [0.4, 0.5) is 16.0 Å². The normalized spacial score (nSPS) is 23.5. The van der Waals surface area contributed by atoms with Gasteiger partial charge in [-0.25, -0.2) is 14.6 Å². The van der Waals surface area contributed by atoms with E-state index in [2.05, 4.69) is 20.4 Å². The fourth-order valence-corrected chi connectivity index (χ4v) is 5.15. The molecule has 1 aliphatic heterocycles. The summed E-state index contributed by atoms with van der Waals surface area (Å²) < 4.78 is 17.3. The van der Waals surface area contributed by atoms with Crippen LogP contribution in [-0.2, 0) is 11.3 Å². The summed E-state index contributed by atoms with van der Waals surface area (Å²) in [4.78, 5) is 23.3. The maximum atomic E-state index is 15.5. The predicted molar refractivity (Wildman–Crippen MR) is 133 cm³/mol. The third-order valence-corrected chi connectivity index (χ3v) is 7.33. The number of piperidine rings is 1. The van der Waals surface area contributed by atoms with Crippen LogP contribution in [0.3, 0.4) is 0 Å². The lowest BCUT2D eigenvalue weighted by Gasteiger charge is -2.36. The van der Waals surface area contributed by atoms with E-state index in [-0.39, 0.29) is 29.6 Å². The number of nitrogens with one attached hydrogen (secondary N) is 1. The molecule has 2 aliphatic rings. The Balaban J connectivity index is 1.25. The van der Waals surface area contributed by atoms with E-state index in [4.69, 9.17) is 5.73 Å². The molecule has 2 unspecified atom stereocenters. The molecule has 5 rings (SSSR count). The number of primary amides is 1. The van der Waals surface area contributed by atoms with Crippen LogP contribution in [0.25, 0.3) is 5.69 Å². The molecule has 4 N–H and O–H groups in total. The smallest absolute Gasteiger partial charge is 0.231 e. The van der Waals surface area contributed by atoms with Crippen LogP contribution in [0.5, 0.6) is 0 Å². The highest BCUT2D eigenvalue weighted by molar-refractivity contribution is 5.75. The highest BCUT2D eigenvalue weighted by atomic mass is 19.1. The zero-order valence-electron chi connectivity index (χ0n) is 20.2. The van der Waals surface area contributed by atoms with Gasteiger partial charge in [-0.2, -0.15) is 9.49 Å². The maximum Gasteiger partial charge on any atom is 0.231 e. The number of halogens is 1. The number of aliphatic hydroxyl groups excluding tert-OH is 1. The summed E-state index contributed by atoms with van der Waals surface area (Å²) in [7, 11) is 0. The molecule has 1 amide bonds. The summed E-state index contributed by atoms with van der Waals surface area (Å²) in [6, 6.07) is 9.73. The predicted octanol–water partition coefficient (Wildman–Crippen LogP) is 1.55. The molecule has 3 atom stereocenters. The standard InChI is InChI=1S/C25H31FN8O2/c1-2-33(13-17-4-6-18(7-5-17)34-10-3-9-30-34)24-22(26)23(28-16-29-24)31-19-12-25(19)8-11-32(14-20(25)35)15-21(27)36/h3-7,9-10,16,19-20,35H,2,8,11-15H2,1H3,(H2,27,36)(H,28,29,31)/t19?,20-,25?/m1/s1. The molecule has 11 heteroatoms. The lowest BCUT2D eigenvalue weighted by molar-refractivity contribution is -0.120. The molecular formula is C25H31FN8O2. The SMILES string of the molecule is CCN(Cc1ccc(-n2cccn2)cc1)c1ncnc(NC2CC23CCN(CC(N)=O)C[C@H]3O)c1F. The Kier molecular flexibility index (Phi) is 6.59. The van der Waals surface area contributed by atoms with Gasteiger partial charge in [0.2, 0.25) is 11.7 Å². The Morgan fingerprint density at radius 2 is 2.14 bits per heavy atom. The largest absolute Gasteiger partial charge is 0.391 e. The summed E-state index contributed by atoms with van der Waals surface area (Å²) in [5.41, 5.74) is 6.92. The van der Waals surface area contributed by atoms with Gasteiger partial charge in [0, 0.05) is 43.5 Å². The highest BCUT2D eigenvalue weighted by Gasteiger charge is 2.60. The number of anilines is 2. The van der Waals surface area contributed by atoms with Crippen LogP contribution < -0.4 is 16.0 Å². The van der Waals surface area contributed by atoms with Gasteiger partial charge in [0.1, 0.15) is 6.33 Å². The molecule has 1 aromatic carbocycles. The molecule has 1 saturated carbocycles. The second kappa shape index (κ2) is 9.82. The minimum atomic E-state index is -0.621. The molecule has 1 spiro atoms. The fraction of sp³-hybridized carbons (Fsp3) is 0.440. The van der Waals surface area contributed by atoms with Crippen LogP contribution in [0.2, 0.25) is 0 Å². The van der Waals surface area contributed by atoms with Gasteiger partial charge < -0.3 is 21.1 Å². The van der Waals surface area contributed by atoms with E-state index in [1.807, 2.05) is 53.3 Å². The summed E-state index contributed by atoms with van der Waals surface area (Å²) >= 11 is 0. The van der Waals surface area contributed by atoms with Crippen LogP contribution in [0.1, 0.15) is 25.3 Å². The maximum absolute atomic E-state index is 15.5. The molecule has 3 heterocycles. The van der Waals surface area contributed by atoms with Gasteiger partial charge in [0.15, 0.2) is 11.6 Å². The van der Waals surface area contributed by atoms with E-state index >= 15 is 4.39 Å². The Hall–Kier alpha value is -3.57. The van der Waals surface area contributed by atoms with Crippen LogP contribution in [0, 0.1) is 11.2 Å². The van der Waals surface area contributed by atoms with Crippen LogP contribution in [-0.4, -0.2) is 74.0 Å².